The minimum absolute atomic E-state index is 0.0634. The van der Waals surface area contributed by atoms with E-state index in [0.29, 0.717) is 13.2 Å². The Balaban J connectivity index is 1.61. The van der Waals surface area contributed by atoms with Crippen molar-refractivity contribution in [2.24, 2.45) is 0 Å². The Labute approximate surface area is 123 Å². The molecule has 3 aromatic rings. The van der Waals surface area contributed by atoms with Gasteiger partial charge in [-0.2, -0.15) is 0 Å². The number of nitrogens with zero attached hydrogens (tertiary/aromatic N) is 1. The third-order valence-corrected chi connectivity index (χ3v) is 3.50. The van der Waals surface area contributed by atoms with Gasteiger partial charge in [0.05, 0.1) is 17.6 Å². The van der Waals surface area contributed by atoms with E-state index in [2.05, 4.69) is 4.98 Å². The molecule has 3 rings (SSSR count). The normalized spacial score (nSPS) is 10.9. The van der Waals surface area contributed by atoms with Crippen molar-refractivity contribution in [3.63, 3.8) is 0 Å². The van der Waals surface area contributed by atoms with Crippen LogP contribution in [0.4, 0.5) is 0 Å². The van der Waals surface area contributed by atoms with Crippen LogP contribution in [0, 0.1) is 6.92 Å². The van der Waals surface area contributed by atoms with E-state index in [-0.39, 0.29) is 5.69 Å². The molecule has 0 aliphatic rings. The Kier molecular flexibility index (Phi) is 3.77. The molecule has 4 heteroatoms. The smallest absolute Gasteiger partial charge is 0.326 e. The molecule has 2 aromatic carbocycles. The molecule has 108 valence electrons. The second kappa shape index (κ2) is 5.87. The first-order valence-corrected chi connectivity index (χ1v) is 7.11. The predicted molar refractivity (Wildman–Crippen MR) is 83.8 cm³/mol. The Bertz CT molecular complexity index is 784. The van der Waals surface area contributed by atoms with E-state index in [9.17, 15) is 4.79 Å². The molecule has 0 fully saturated rings. The number of imidazole rings is 1. The molecule has 0 amide bonds. The van der Waals surface area contributed by atoms with Crippen molar-refractivity contribution < 1.29 is 4.74 Å². The number of H-pyrrole nitrogens is 1. The van der Waals surface area contributed by atoms with Gasteiger partial charge in [-0.25, -0.2) is 4.79 Å². The zero-order chi connectivity index (χ0) is 14.7. The fraction of sp³-hybridized carbons (Fsp3) is 0.235. The topological polar surface area (TPSA) is 47.0 Å². The molecular weight excluding hydrogens is 264 g/mol. The maximum atomic E-state index is 11.9. The molecular formula is C17H18N2O2. The lowest BCUT2D eigenvalue weighted by Gasteiger charge is -2.07. The Morgan fingerprint density at radius 2 is 1.86 bits per heavy atom. The number of aryl methyl sites for hydroxylation is 2. The number of rotatable bonds is 5. The largest absolute Gasteiger partial charge is 0.494 e. The second-order valence-electron chi connectivity index (χ2n) is 5.11. The molecule has 21 heavy (non-hydrogen) atoms. The van der Waals surface area contributed by atoms with E-state index < -0.39 is 0 Å². The fourth-order valence-corrected chi connectivity index (χ4v) is 2.38. The van der Waals surface area contributed by atoms with Crippen molar-refractivity contribution in [1.29, 1.82) is 0 Å². The maximum absolute atomic E-state index is 11.9. The highest BCUT2D eigenvalue weighted by Crippen LogP contribution is 2.12. The molecule has 1 aromatic heterocycles. The summed E-state index contributed by atoms with van der Waals surface area (Å²) >= 11 is 0. The highest BCUT2D eigenvalue weighted by atomic mass is 16.5. The second-order valence-corrected chi connectivity index (χ2v) is 5.11. The first-order valence-electron chi connectivity index (χ1n) is 7.11. The summed E-state index contributed by atoms with van der Waals surface area (Å²) in [6, 6.07) is 15.7. The van der Waals surface area contributed by atoms with Crippen LogP contribution in [-0.2, 0) is 6.54 Å². The lowest BCUT2D eigenvalue weighted by molar-refractivity contribution is 0.302. The van der Waals surface area contributed by atoms with Crippen LogP contribution in [0.3, 0.4) is 0 Å². The maximum Gasteiger partial charge on any atom is 0.326 e. The van der Waals surface area contributed by atoms with Gasteiger partial charge in [0, 0.05) is 6.54 Å². The monoisotopic (exact) mass is 282 g/mol. The number of hydrogen-bond acceptors (Lipinski definition) is 2. The molecule has 0 bridgehead atoms. The van der Waals surface area contributed by atoms with Crippen molar-refractivity contribution in [2.75, 3.05) is 6.61 Å². The predicted octanol–water partition coefficient (Wildman–Crippen LogP) is 3.11. The number of aromatic nitrogens is 2. The lowest BCUT2D eigenvalue weighted by Crippen LogP contribution is -2.18. The van der Waals surface area contributed by atoms with E-state index in [1.165, 1.54) is 5.56 Å². The standard InChI is InChI=1S/C17H18N2O2/c1-13-7-9-14(10-8-13)21-12-4-11-19-16-6-3-2-5-15(16)18-17(19)20/h2-3,5-10H,4,11-12H2,1H3,(H,18,20). The fourth-order valence-electron chi connectivity index (χ4n) is 2.38. The van der Waals surface area contributed by atoms with E-state index in [0.717, 1.165) is 23.2 Å². The van der Waals surface area contributed by atoms with Crippen molar-refractivity contribution >= 4 is 11.0 Å². The van der Waals surface area contributed by atoms with Crippen LogP contribution >= 0.6 is 0 Å². The number of hydrogen-bond donors (Lipinski definition) is 1. The number of benzene rings is 2. The summed E-state index contributed by atoms with van der Waals surface area (Å²) in [6.45, 7) is 3.29. The van der Waals surface area contributed by atoms with Crippen LogP contribution in [0.15, 0.2) is 53.3 Å². The SMILES string of the molecule is Cc1ccc(OCCCn2c(=O)[nH]c3ccccc32)cc1. The van der Waals surface area contributed by atoms with Crippen LogP contribution in [-0.4, -0.2) is 16.2 Å². The van der Waals surface area contributed by atoms with Gasteiger partial charge in [0.25, 0.3) is 0 Å². The number of fused-ring (bicyclic) bond motifs is 1. The summed E-state index contributed by atoms with van der Waals surface area (Å²) in [5.74, 6) is 0.867. The zero-order valence-corrected chi connectivity index (χ0v) is 12.0. The first-order chi connectivity index (χ1) is 10.2. The average molecular weight is 282 g/mol. The molecule has 4 nitrogen and oxygen atoms in total. The highest BCUT2D eigenvalue weighted by Gasteiger charge is 2.05. The van der Waals surface area contributed by atoms with Crippen molar-refractivity contribution in [2.45, 2.75) is 19.9 Å². The van der Waals surface area contributed by atoms with Gasteiger partial charge in [-0.05, 0) is 37.6 Å². The Hall–Kier alpha value is -2.49. The van der Waals surface area contributed by atoms with E-state index >= 15 is 0 Å². The third kappa shape index (κ3) is 2.99. The number of ether oxygens (including phenoxy) is 1. The summed E-state index contributed by atoms with van der Waals surface area (Å²) in [6.07, 6.45) is 0.787. The number of aromatic amines is 1. The minimum Gasteiger partial charge on any atom is -0.494 e. The molecule has 0 radical (unpaired) electrons. The summed E-state index contributed by atoms with van der Waals surface area (Å²) < 4.78 is 7.44. The quantitative estimate of drug-likeness (QED) is 0.731. The van der Waals surface area contributed by atoms with Crippen molar-refractivity contribution in [3.8, 4) is 5.75 Å². The van der Waals surface area contributed by atoms with Gasteiger partial charge < -0.3 is 9.72 Å². The van der Waals surface area contributed by atoms with E-state index in [4.69, 9.17) is 4.74 Å². The molecule has 0 aliphatic carbocycles. The van der Waals surface area contributed by atoms with Gasteiger partial charge in [-0.3, -0.25) is 4.57 Å². The van der Waals surface area contributed by atoms with Gasteiger partial charge in [0.15, 0.2) is 0 Å². The van der Waals surface area contributed by atoms with Gasteiger partial charge in [0.1, 0.15) is 5.75 Å². The molecule has 0 aliphatic heterocycles. The van der Waals surface area contributed by atoms with Gasteiger partial charge in [0.2, 0.25) is 0 Å². The Morgan fingerprint density at radius 3 is 2.67 bits per heavy atom. The molecule has 0 saturated carbocycles. The molecule has 0 unspecified atom stereocenters. The molecule has 1 N–H and O–H groups in total. The van der Waals surface area contributed by atoms with Gasteiger partial charge in [-0.1, -0.05) is 29.8 Å². The zero-order valence-electron chi connectivity index (χ0n) is 12.0. The van der Waals surface area contributed by atoms with Crippen LogP contribution in [0.25, 0.3) is 11.0 Å². The molecule has 0 saturated heterocycles. The lowest BCUT2D eigenvalue weighted by atomic mass is 10.2. The summed E-state index contributed by atoms with van der Waals surface area (Å²) in [5, 5.41) is 0. The van der Waals surface area contributed by atoms with Crippen molar-refractivity contribution in [3.05, 3.63) is 64.6 Å². The third-order valence-electron chi connectivity index (χ3n) is 3.50. The number of para-hydroxylation sites is 2. The highest BCUT2D eigenvalue weighted by molar-refractivity contribution is 5.74. The van der Waals surface area contributed by atoms with Gasteiger partial charge >= 0.3 is 5.69 Å². The first kappa shape index (κ1) is 13.5. The summed E-state index contributed by atoms with van der Waals surface area (Å²) in [7, 11) is 0. The van der Waals surface area contributed by atoms with Crippen LogP contribution in [0.1, 0.15) is 12.0 Å². The van der Waals surface area contributed by atoms with E-state index in [1.807, 2.05) is 55.5 Å². The summed E-state index contributed by atoms with van der Waals surface area (Å²) in [4.78, 5) is 14.8. The molecule has 0 spiro atoms. The van der Waals surface area contributed by atoms with Crippen molar-refractivity contribution in [1.82, 2.24) is 9.55 Å². The van der Waals surface area contributed by atoms with Gasteiger partial charge in [-0.15, -0.1) is 0 Å². The Morgan fingerprint density at radius 1 is 1.10 bits per heavy atom. The average Bonchev–Trinajstić information content (AvgIpc) is 2.81. The summed E-state index contributed by atoms with van der Waals surface area (Å²) in [5.41, 5.74) is 2.97. The van der Waals surface area contributed by atoms with Crippen LogP contribution in [0.2, 0.25) is 0 Å². The molecule has 1 heterocycles. The number of nitrogens with one attached hydrogen (secondary N) is 1. The van der Waals surface area contributed by atoms with Crippen LogP contribution in [0.5, 0.6) is 5.75 Å². The van der Waals surface area contributed by atoms with Crippen LogP contribution < -0.4 is 10.4 Å². The molecule has 0 atom stereocenters. The minimum atomic E-state index is -0.0634. The van der Waals surface area contributed by atoms with E-state index in [1.54, 1.807) is 4.57 Å².